The smallest absolute Gasteiger partial charge is 0.323 e. The van der Waals surface area contributed by atoms with Crippen molar-refractivity contribution in [2.24, 2.45) is 14.1 Å². The summed E-state index contributed by atoms with van der Waals surface area (Å²) >= 11 is 0. The lowest BCUT2D eigenvalue weighted by Crippen LogP contribution is -2.50. The van der Waals surface area contributed by atoms with E-state index in [2.05, 4.69) is 27.3 Å². The monoisotopic (exact) mass is 317 g/mol. The summed E-state index contributed by atoms with van der Waals surface area (Å²) in [6.07, 6.45) is 3.72. The Morgan fingerprint density at radius 2 is 2.09 bits per heavy atom. The second kappa shape index (κ2) is 6.04. The third-order valence-electron chi connectivity index (χ3n) is 4.44. The molecule has 124 valence electrons. The second-order valence-corrected chi connectivity index (χ2v) is 6.06. The number of hydrogen-bond donors (Lipinski definition) is 1. The van der Waals surface area contributed by atoms with Crippen LogP contribution in [0.1, 0.15) is 17.6 Å². The van der Waals surface area contributed by atoms with Crippen LogP contribution in [0.15, 0.2) is 18.5 Å². The van der Waals surface area contributed by atoms with Crippen LogP contribution in [-0.2, 0) is 14.1 Å². The number of imidazole rings is 1. The maximum Gasteiger partial charge on any atom is 0.323 e. The Kier molecular flexibility index (Phi) is 4.08. The van der Waals surface area contributed by atoms with Crippen molar-refractivity contribution in [2.75, 3.05) is 32.0 Å². The van der Waals surface area contributed by atoms with E-state index < -0.39 is 0 Å². The molecule has 23 heavy (non-hydrogen) atoms. The number of carbonyl (C=O) groups is 1. The zero-order valence-electron chi connectivity index (χ0n) is 14.0. The van der Waals surface area contributed by atoms with Crippen LogP contribution < -0.4 is 5.32 Å². The highest BCUT2D eigenvalue weighted by Gasteiger charge is 2.30. The molecule has 0 radical (unpaired) electrons. The van der Waals surface area contributed by atoms with Crippen molar-refractivity contribution in [1.82, 2.24) is 29.1 Å². The van der Waals surface area contributed by atoms with Crippen LogP contribution in [0.3, 0.4) is 0 Å². The molecule has 1 aliphatic heterocycles. The highest BCUT2D eigenvalue weighted by Crippen LogP contribution is 2.22. The van der Waals surface area contributed by atoms with E-state index in [1.807, 2.05) is 42.7 Å². The molecule has 8 nitrogen and oxygen atoms in total. The first kappa shape index (κ1) is 15.5. The van der Waals surface area contributed by atoms with Gasteiger partial charge < -0.3 is 9.47 Å². The Balaban J connectivity index is 1.70. The summed E-state index contributed by atoms with van der Waals surface area (Å²) < 4.78 is 3.75. The third-order valence-corrected chi connectivity index (χ3v) is 4.44. The number of nitrogens with one attached hydrogen (secondary N) is 1. The van der Waals surface area contributed by atoms with Gasteiger partial charge in [-0.25, -0.2) is 9.78 Å². The van der Waals surface area contributed by atoms with E-state index in [9.17, 15) is 4.79 Å². The number of carbonyl (C=O) groups excluding carboxylic acids is 1. The van der Waals surface area contributed by atoms with Crippen molar-refractivity contribution in [3.63, 3.8) is 0 Å². The number of aryl methyl sites for hydroxylation is 3. The lowest BCUT2D eigenvalue weighted by molar-refractivity contribution is 0.110. The number of likely N-dealkylation sites (N-methyl/N-ethyl adjacent to an activating group) is 1. The Morgan fingerprint density at radius 3 is 2.70 bits per heavy atom. The lowest BCUT2D eigenvalue weighted by Gasteiger charge is -2.38. The molecular formula is C15H23N7O. The molecule has 1 atom stereocenters. The summed E-state index contributed by atoms with van der Waals surface area (Å²) in [5.74, 6) is 1.56. The molecule has 1 fully saturated rings. The van der Waals surface area contributed by atoms with Crippen LogP contribution >= 0.6 is 0 Å². The highest BCUT2D eigenvalue weighted by atomic mass is 16.2. The molecule has 1 unspecified atom stereocenters. The van der Waals surface area contributed by atoms with Gasteiger partial charge in [0.1, 0.15) is 5.82 Å². The standard InChI is InChI=1S/C15H23N7O/c1-11-9-13(18-21(11)4)17-15(23)22-8-7-19(2)12(10-22)14-16-5-6-20(14)3/h5-6,9,12H,7-8,10H2,1-4H3,(H,17,18,23). The van der Waals surface area contributed by atoms with Crippen LogP contribution in [0.25, 0.3) is 0 Å². The fourth-order valence-electron chi connectivity index (χ4n) is 2.85. The number of rotatable bonds is 2. The maximum atomic E-state index is 12.5. The largest absolute Gasteiger partial charge is 0.337 e. The summed E-state index contributed by atoms with van der Waals surface area (Å²) in [6, 6.07) is 1.85. The van der Waals surface area contributed by atoms with Gasteiger partial charge in [0.2, 0.25) is 0 Å². The van der Waals surface area contributed by atoms with Crippen molar-refractivity contribution in [1.29, 1.82) is 0 Å². The average Bonchev–Trinajstić information content (AvgIpc) is 3.05. The van der Waals surface area contributed by atoms with Gasteiger partial charge in [0, 0.05) is 57.9 Å². The van der Waals surface area contributed by atoms with Crippen LogP contribution in [0.5, 0.6) is 0 Å². The summed E-state index contributed by atoms with van der Waals surface area (Å²) in [7, 11) is 5.90. The quantitative estimate of drug-likeness (QED) is 0.896. The highest BCUT2D eigenvalue weighted by molar-refractivity contribution is 5.88. The SMILES string of the molecule is Cc1cc(NC(=O)N2CCN(C)C(c3nccn3C)C2)nn1C. The van der Waals surface area contributed by atoms with Crippen molar-refractivity contribution < 1.29 is 4.79 Å². The van der Waals surface area contributed by atoms with Gasteiger partial charge in [-0.2, -0.15) is 5.10 Å². The molecule has 3 rings (SSSR count). The summed E-state index contributed by atoms with van der Waals surface area (Å²) in [5.41, 5.74) is 1.00. The number of anilines is 1. The van der Waals surface area contributed by atoms with Crippen LogP contribution in [-0.4, -0.2) is 61.8 Å². The van der Waals surface area contributed by atoms with E-state index in [-0.39, 0.29) is 12.1 Å². The molecule has 0 aliphatic carbocycles. The Bertz CT molecular complexity index is 685. The van der Waals surface area contributed by atoms with Crippen LogP contribution in [0.2, 0.25) is 0 Å². The Morgan fingerprint density at radius 1 is 1.30 bits per heavy atom. The molecule has 1 aliphatic rings. The first-order chi connectivity index (χ1) is 11.0. The molecule has 3 heterocycles. The van der Waals surface area contributed by atoms with Gasteiger partial charge in [0.15, 0.2) is 5.82 Å². The molecule has 0 bridgehead atoms. The lowest BCUT2D eigenvalue weighted by atomic mass is 10.1. The van der Waals surface area contributed by atoms with Crippen molar-refractivity contribution in [3.8, 4) is 0 Å². The molecule has 0 saturated carbocycles. The zero-order chi connectivity index (χ0) is 16.6. The van der Waals surface area contributed by atoms with Gasteiger partial charge in [-0.05, 0) is 14.0 Å². The summed E-state index contributed by atoms with van der Waals surface area (Å²) in [5, 5.41) is 7.15. The van der Waals surface area contributed by atoms with E-state index in [4.69, 9.17) is 0 Å². The van der Waals surface area contributed by atoms with Crippen molar-refractivity contribution in [2.45, 2.75) is 13.0 Å². The number of hydrogen-bond acceptors (Lipinski definition) is 4. The van der Waals surface area contributed by atoms with Crippen molar-refractivity contribution >= 4 is 11.8 Å². The third kappa shape index (κ3) is 3.07. The van der Waals surface area contributed by atoms with Gasteiger partial charge in [-0.3, -0.25) is 14.9 Å². The predicted octanol–water partition coefficient (Wildman–Crippen LogP) is 0.983. The van der Waals surface area contributed by atoms with E-state index >= 15 is 0 Å². The minimum Gasteiger partial charge on any atom is -0.337 e. The Labute approximate surface area is 135 Å². The molecular weight excluding hydrogens is 294 g/mol. The summed E-state index contributed by atoms with van der Waals surface area (Å²) in [4.78, 5) is 21.0. The molecule has 2 aromatic heterocycles. The fraction of sp³-hybridized carbons (Fsp3) is 0.533. The number of aromatic nitrogens is 4. The topological polar surface area (TPSA) is 71.2 Å². The van der Waals surface area contributed by atoms with E-state index in [0.29, 0.717) is 18.9 Å². The normalized spacial score (nSPS) is 19.1. The average molecular weight is 317 g/mol. The van der Waals surface area contributed by atoms with E-state index in [1.165, 1.54) is 0 Å². The molecule has 1 saturated heterocycles. The minimum atomic E-state index is -0.115. The molecule has 2 aromatic rings. The first-order valence-electron chi connectivity index (χ1n) is 7.69. The molecule has 0 aromatic carbocycles. The Hall–Kier alpha value is -2.35. The van der Waals surface area contributed by atoms with Gasteiger partial charge in [-0.15, -0.1) is 0 Å². The van der Waals surface area contributed by atoms with Gasteiger partial charge in [-0.1, -0.05) is 0 Å². The zero-order valence-corrected chi connectivity index (χ0v) is 14.0. The van der Waals surface area contributed by atoms with Gasteiger partial charge >= 0.3 is 6.03 Å². The summed E-state index contributed by atoms with van der Waals surface area (Å²) in [6.45, 7) is 4.07. The second-order valence-electron chi connectivity index (χ2n) is 6.06. The van der Waals surface area contributed by atoms with Crippen molar-refractivity contribution in [3.05, 3.63) is 30.0 Å². The van der Waals surface area contributed by atoms with Crippen LogP contribution in [0, 0.1) is 6.92 Å². The number of piperazine rings is 1. The number of urea groups is 1. The molecule has 2 amide bonds. The molecule has 0 spiro atoms. The number of nitrogens with zero attached hydrogens (tertiary/aromatic N) is 6. The fourth-order valence-corrected chi connectivity index (χ4v) is 2.85. The van der Waals surface area contributed by atoms with E-state index in [1.54, 1.807) is 10.9 Å². The van der Waals surface area contributed by atoms with E-state index in [0.717, 1.165) is 18.1 Å². The van der Waals surface area contributed by atoms with Crippen LogP contribution in [0.4, 0.5) is 10.6 Å². The minimum absolute atomic E-state index is 0.0972. The first-order valence-corrected chi connectivity index (χ1v) is 7.69. The predicted molar refractivity (Wildman–Crippen MR) is 87.1 cm³/mol. The number of amides is 2. The van der Waals surface area contributed by atoms with Gasteiger partial charge in [0.05, 0.1) is 6.04 Å². The maximum absolute atomic E-state index is 12.5. The molecule has 1 N–H and O–H groups in total. The van der Waals surface area contributed by atoms with Gasteiger partial charge in [0.25, 0.3) is 0 Å². The molecule has 8 heteroatoms.